The first-order chi connectivity index (χ1) is 6.81. The third kappa shape index (κ3) is 5.36. The molecule has 0 amide bonds. The molecule has 1 aromatic carbocycles. The second kappa shape index (κ2) is 6.07. The Hall–Kier alpha value is -0.00571. The minimum absolute atomic E-state index is 0. The Bertz CT molecular complexity index is 303. The van der Waals surface area contributed by atoms with Crippen molar-refractivity contribution in [2.75, 3.05) is 6.61 Å². The summed E-state index contributed by atoms with van der Waals surface area (Å²) in [6.45, 7) is 11.9. The largest absolute Gasteiger partial charge is 1.00 e. The summed E-state index contributed by atoms with van der Waals surface area (Å²) < 4.78 is 5.97. The zero-order valence-corrected chi connectivity index (χ0v) is 12.4. The van der Waals surface area contributed by atoms with E-state index in [0.717, 1.165) is 6.61 Å². The van der Waals surface area contributed by atoms with Gasteiger partial charge in [-0.05, 0) is 25.1 Å². The Labute approximate surface area is 113 Å². The molecular weight excluding hydrogens is 207 g/mol. The Morgan fingerprint density at radius 2 is 1.88 bits per heavy atom. The SMILES string of the molecule is CC(C)(CO[Si](C)(C)C)c1[c-]cccc1.[Li+]. The van der Waals surface area contributed by atoms with E-state index in [2.05, 4.69) is 51.7 Å². The fourth-order valence-corrected chi connectivity index (χ4v) is 2.08. The van der Waals surface area contributed by atoms with E-state index in [0.29, 0.717) is 0 Å². The van der Waals surface area contributed by atoms with Gasteiger partial charge in [0, 0.05) is 6.61 Å². The van der Waals surface area contributed by atoms with Gasteiger partial charge in [-0.1, -0.05) is 13.8 Å². The minimum atomic E-state index is -1.41. The van der Waals surface area contributed by atoms with Crippen LogP contribution >= 0.6 is 0 Å². The van der Waals surface area contributed by atoms with Crippen molar-refractivity contribution in [3.05, 3.63) is 35.9 Å². The molecule has 0 atom stereocenters. The van der Waals surface area contributed by atoms with E-state index in [4.69, 9.17) is 4.43 Å². The van der Waals surface area contributed by atoms with Gasteiger partial charge in [-0.3, -0.25) is 0 Å². The summed E-state index contributed by atoms with van der Waals surface area (Å²) in [6.07, 6.45) is 0. The molecule has 0 spiro atoms. The number of rotatable bonds is 4. The predicted octanol–water partition coefficient (Wildman–Crippen LogP) is 0.620. The molecule has 0 saturated carbocycles. The summed E-state index contributed by atoms with van der Waals surface area (Å²) in [5.41, 5.74) is 1.28. The van der Waals surface area contributed by atoms with Gasteiger partial charge >= 0.3 is 18.9 Å². The molecular formula is C13H21LiOSi. The van der Waals surface area contributed by atoms with Crippen molar-refractivity contribution in [3.63, 3.8) is 0 Å². The van der Waals surface area contributed by atoms with Crippen molar-refractivity contribution < 1.29 is 23.3 Å². The molecule has 0 unspecified atom stereocenters. The molecule has 16 heavy (non-hydrogen) atoms. The first-order valence-corrected chi connectivity index (χ1v) is 8.83. The van der Waals surface area contributed by atoms with Crippen molar-refractivity contribution in [1.82, 2.24) is 0 Å². The average Bonchev–Trinajstić information content (AvgIpc) is 2.16. The van der Waals surface area contributed by atoms with Crippen LogP contribution in [0.3, 0.4) is 0 Å². The maximum absolute atomic E-state index is 5.97. The molecule has 0 saturated heterocycles. The van der Waals surface area contributed by atoms with Crippen LogP contribution < -0.4 is 18.9 Å². The Morgan fingerprint density at radius 3 is 2.31 bits per heavy atom. The fourth-order valence-electron chi connectivity index (χ4n) is 1.29. The van der Waals surface area contributed by atoms with Crippen LogP contribution in [0.1, 0.15) is 19.4 Å². The van der Waals surface area contributed by atoms with E-state index >= 15 is 0 Å². The monoisotopic (exact) mass is 228 g/mol. The van der Waals surface area contributed by atoms with Crippen LogP contribution in [0.4, 0.5) is 0 Å². The van der Waals surface area contributed by atoms with Crippen LogP contribution in [0.2, 0.25) is 19.6 Å². The molecule has 0 heterocycles. The van der Waals surface area contributed by atoms with Crippen LogP contribution in [-0.4, -0.2) is 14.9 Å². The smallest absolute Gasteiger partial charge is 0.417 e. The van der Waals surface area contributed by atoms with Gasteiger partial charge in [-0.2, -0.15) is 35.9 Å². The van der Waals surface area contributed by atoms with Crippen molar-refractivity contribution >= 4 is 8.32 Å². The van der Waals surface area contributed by atoms with Crippen LogP contribution in [0.25, 0.3) is 0 Å². The summed E-state index contributed by atoms with van der Waals surface area (Å²) in [5, 5.41) is 0. The summed E-state index contributed by atoms with van der Waals surface area (Å²) in [7, 11) is -1.41. The maximum atomic E-state index is 5.97. The van der Waals surface area contributed by atoms with Crippen LogP contribution in [0.5, 0.6) is 0 Å². The Morgan fingerprint density at radius 1 is 1.25 bits per heavy atom. The normalized spacial score (nSPS) is 12.1. The quantitative estimate of drug-likeness (QED) is 0.542. The third-order valence-corrected chi connectivity index (χ3v) is 3.31. The predicted molar refractivity (Wildman–Crippen MR) is 67.6 cm³/mol. The Kier molecular flexibility index (Phi) is 6.07. The van der Waals surface area contributed by atoms with Crippen LogP contribution in [-0.2, 0) is 9.84 Å². The van der Waals surface area contributed by atoms with Gasteiger partial charge in [-0.25, -0.2) is 0 Å². The molecule has 0 radical (unpaired) electrons. The fraction of sp³-hybridized carbons (Fsp3) is 0.538. The molecule has 3 heteroatoms. The topological polar surface area (TPSA) is 9.23 Å². The minimum Gasteiger partial charge on any atom is -0.417 e. The van der Waals surface area contributed by atoms with Gasteiger partial charge < -0.3 is 4.43 Å². The molecule has 0 aliphatic carbocycles. The van der Waals surface area contributed by atoms with Gasteiger partial charge in [0.25, 0.3) is 0 Å². The van der Waals surface area contributed by atoms with Gasteiger partial charge in [0.05, 0.1) is 0 Å². The number of hydrogen-bond donors (Lipinski definition) is 0. The third-order valence-electron chi connectivity index (χ3n) is 2.30. The zero-order chi connectivity index (χ0) is 11.5. The number of benzene rings is 1. The van der Waals surface area contributed by atoms with Gasteiger partial charge in [0.1, 0.15) is 0 Å². The molecule has 1 rings (SSSR count). The van der Waals surface area contributed by atoms with Gasteiger partial charge in [0.2, 0.25) is 0 Å². The van der Waals surface area contributed by atoms with Crippen LogP contribution in [0, 0.1) is 6.07 Å². The molecule has 84 valence electrons. The second-order valence-corrected chi connectivity index (χ2v) is 10.1. The molecule has 1 nitrogen and oxygen atoms in total. The van der Waals surface area contributed by atoms with Crippen molar-refractivity contribution in [2.45, 2.75) is 38.9 Å². The van der Waals surface area contributed by atoms with Gasteiger partial charge in [0.15, 0.2) is 8.32 Å². The summed E-state index contributed by atoms with van der Waals surface area (Å²) in [5.74, 6) is 0. The van der Waals surface area contributed by atoms with Crippen molar-refractivity contribution in [3.8, 4) is 0 Å². The molecule has 0 N–H and O–H groups in total. The van der Waals surface area contributed by atoms with E-state index < -0.39 is 8.32 Å². The van der Waals surface area contributed by atoms with E-state index in [9.17, 15) is 0 Å². The summed E-state index contributed by atoms with van der Waals surface area (Å²) in [4.78, 5) is 0. The van der Waals surface area contributed by atoms with E-state index in [1.54, 1.807) is 0 Å². The molecule has 1 aromatic rings. The van der Waals surface area contributed by atoms with Crippen molar-refractivity contribution in [1.29, 1.82) is 0 Å². The maximum Gasteiger partial charge on any atom is 1.00 e. The molecule has 0 fully saturated rings. The standard InChI is InChI=1S/C13H21OSi.Li/c1-13(2,11-14-15(3,4)5)12-9-7-6-8-10-12;/h6-9H,11H2,1-5H3;/q-1;+1. The van der Waals surface area contributed by atoms with E-state index in [-0.39, 0.29) is 24.3 Å². The molecule has 0 aliphatic heterocycles. The molecule has 0 aliphatic rings. The summed E-state index contributed by atoms with van der Waals surface area (Å²) in [6, 6.07) is 11.4. The second-order valence-electron chi connectivity index (χ2n) is 5.56. The van der Waals surface area contributed by atoms with Crippen molar-refractivity contribution in [2.24, 2.45) is 0 Å². The number of hydrogen-bond acceptors (Lipinski definition) is 1. The molecule has 0 bridgehead atoms. The Balaban J connectivity index is 0.00000225. The van der Waals surface area contributed by atoms with Gasteiger partial charge in [-0.15, -0.1) is 0 Å². The molecule has 0 aromatic heterocycles. The van der Waals surface area contributed by atoms with E-state index in [1.165, 1.54) is 5.56 Å². The van der Waals surface area contributed by atoms with E-state index in [1.807, 2.05) is 12.1 Å². The average molecular weight is 228 g/mol. The zero-order valence-electron chi connectivity index (χ0n) is 11.4. The first-order valence-electron chi connectivity index (χ1n) is 5.42. The van der Waals surface area contributed by atoms with Crippen LogP contribution in [0.15, 0.2) is 24.3 Å². The summed E-state index contributed by atoms with van der Waals surface area (Å²) >= 11 is 0. The first kappa shape index (κ1) is 16.0.